The molecule has 0 aliphatic heterocycles. The lowest BCUT2D eigenvalue weighted by atomic mass is 10.1. The Morgan fingerprint density at radius 2 is 1.59 bits per heavy atom. The van der Waals surface area contributed by atoms with Crippen LogP contribution in [0.5, 0.6) is 11.5 Å². The first-order valence-corrected chi connectivity index (χ1v) is 10.2. The van der Waals surface area contributed by atoms with E-state index in [0.717, 1.165) is 42.1 Å². The fourth-order valence-corrected chi connectivity index (χ4v) is 3.13. The summed E-state index contributed by atoms with van der Waals surface area (Å²) in [7, 11) is 3.31. The largest absolute Gasteiger partial charge is 0.497 e. The van der Waals surface area contributed by atoms with Crippen LogP contribution in [0, 0.1) is 5.92 Å². The second kappa shape index (κ2) is 12.5. The van der Waals surface area contributed by atoms with Crippen LogP contribution in [0.15, 0.2) is 48.5 Å². The topological polar surface area (TPSA) is 51.2 Å². The van der Waals surface area contributed by atoms with Gasteiger partial charge in [-0.05, 0) is 42.1 Å². The van der Waals surface area contributed by atoms with Gasteiger partial charge in [-0.2, -0.15) is 0 Å². The van der Waals surface area contributed by atoms with Gasteiger partial charge in [0, 0.05) is 19.2 Å². The number of hydrogen-bond acceptors (Lipinski definition) is 5. The Bertz CT molecular complexity index is 683. The maximum atomic E-state index is 10.5. The Kier molecular flexibility index (Phi) is 9.98. The van der Waals surface area contributed by atoms with E-state index in [-0.39, 0.29) is 0 Å². The summed E-state index contributed by atoms with van der Waals surface area (Å²) in [6.45, 7) is 7.44. The minimum Gasteiger partial charge on any atom is -0.497 e. The number of methoxy groups -OCH3 is 2. The summed E-state index contributed by atoms with van der Waals surface area (Å²) in [6.07, 6.45) is 0.525. The Balaban J connectivity index is 1.94. The van der Waals surface area contributed by atoms with E-state index in [1.165, 1.54) is 0 Å². The number of aliphatic hydroxyl groups excluding tert-OH is 1. The number of nitrogens with zero attached hydrogens (tertiary/aromatic N) is 1. The van der Waals surface area contributed by atoms with Gasteiger partial charge in [-0.1, -0.05) is 44.2 Å². The second-order valence-electron chi connectivity index (χ2n) is 7.79. The number of benzene rings is 2. The fraction of sp³-hybridized carbons (Fsp3) is 0.500. The van der Waals surface area contributed by atoms with Gasteiger partial charge in [-0.15, -0.1) is 0 Å². The van der Waals surface area contributed by atoms with Crippen molar-refractivity contribution in [3.8, 4) is 11.5 Å². The third kappa shape index (κ3) is 8.86. The number of aliphatic hydroxyl groups is 1. The van der Waals surface area contributed by atoms with Gasteiger partial charge < -0.3 is 19.3 Å². The summed E-state index contributed by atoms with van der Waals surface area (Å²) in [6, 6.07) is 15.9. The SMILES string of the molecule is COc1cc(CN(CCC(C)C)C[C@@H](O)COCc2ccccc2)cc(OC)c1. The number of hydrogen-bond donors (Lipinski definition) is 1. The molecular formula is C24H35NO4. The van der Waals surface area contributed by atoms with Gasteiger partial charge in [-0.25, -0.2) is 0 Å². The fourth-order valence-electron chi connectivity index (χ4n) is 3.13. The highest BCUT2D eigenvalue weighted by Crippen LogP contribution is 2.23. The monoisotopic (exact) mass is 401 g/mol. The molecule has 0 saturated carbocycles. The van der Waals surface area contributed by atoms with Crippen molar-refractivity contribution in [3.63, 3.8) is 0 Å². The third-order valence-corrected chi connectivity index (χ3v) is 4.73. The highest BCUT2D eigenvalue weighted by atomic mass is 16.5. The van der Waals surface area contributed by atoms with Gasteiger partial charge in [-0.3, -0.25) is 4.90 Å². The zero-order valence-corrected chi connectivity index (χ0v) is 18.1. The van der Waals surface area contributed by atoms with Crippen LogP contribution in [-0.4, -0.2) is 50.0 Å². The zero-order chi connectivity index (χ0) is 21.1. The average Bonchev–Trinajstić information content (AvgIpc) is 2.72. The first kappa shape index (κ1) is 23.2. The summed E-state index contributed by atoms with van der Waals surface area (Å²) in [4.78, 5) is 2.27. The van der Waals surface area contributed by atoms with E-state index in [1.54, 1.807) is 14.2 Å². The van der Waals surface area contributed by atoms with E-state index in [4.69, 9.17) is 14.2 Å². The molecule has 2 aromatic rings. The van der Waals surface area contributed by atoms with E-state index in [2.05, 4.69) is 18.7 Å². The van der Waals surface area contributed by atoms with Crippen molar-refractivity contribution in [2.75, 3.05) is 33.9 Å². The summed E-state index contributed by atoms with van der Waals surface area (Å²) in [5.74, 6) is 2.15. The van der Waals surface area contributed by atoms with Gasteiger partial charge >= 0.3 is 0 Å². The van der Waals surface area contributed by atoms with Crippen LogP contribution in [0.1, 0.15) is 31.4 Å². The molecule has 2 aromatic carbocycles. The van der Waals surface area contributed by atoms with E-state index >= 15 is 0 Å². The molecule has 29 heavy (non-hydrogen) atoms. The Morgan fingerprint density at radius 3 is 2.17 bits per heavy atom. The lowest BCUT2D eigenvalue weighted by Gasteiger charge is -2.26. The molecule has 0 aromatic heterocycles. The van der Waals surface area contributed by atoms with Crippen molar-refractivity contribution >= 4 is 0 Å². The standard InChI is InChI=1S/C24H35NO4/c1-19(2)10-11-25(15-21-12-23(27-3)14-24(13-21)28-4)16-22(26)18-29-17-20-8-6-5-7-9-20/h5-9,12-14,19,22,26H,10-11,15-18H2,1-4H3/t22-/m1/s1. The predicted molar refractivity (Wildman–Crippen MR) is 116 cm³/mol. The molecule has 0 bridgehead atoms. The molecule has 0 unspecified atom stereocenters. The van der Waals surface area contributed by atoms with E-state index in [9.17, 15) is 5.11 Å². The summed E-state index contributed by atoms with van der Waals surface area (Å²) in [5, 5.41) is 10.5. The Labute approximate surface area is 175 Å². The third-order valence-electron chi connectivity index (χ3n) is 4.73. The van der Waals surface area contributed by atoms with Crippen molar-refractivity contribution < 1.29 is 19.3 Å². The lowest BCUT2D eigenvalue weighted by Crippen LogP contribution is -2.35. The molecule has 0 amide bonds. The van der Waals surface area contributed by atoms with E-state index < -0.39 is 6.10 Å². The van der Waals surface area contributed by atoms with Crippen LogP contribution >= 0.6 is 0 Å². The van der Waals surface area contributed by atoms with Gasteiger partial charge in [0.2, 0.25) is 0 Å². The molecule has 0 spiro atoms. The summed E-state index contributed by atoms with van der Waals surface area (Å²) in [5.41, 5.74) is 2.21. The van der Waals surface area contributed by atoms with Crippen molar-refractivity contribution in [3.05, 3.63) is 59.7 Å². The molecule has 0 saturated heterocycles. The molecule has 0 fully saturated rings. The van der Waals surface area contributed by atoms with E-state index in [0.29, 0.717) is 25.7 Å². The summed E-state index contributed by atoms with van der Waals surface area (Å²) < 4.78 is 16.5. The molecule has 5 heteroatoms. The zero-order valence-electron chi connectivity index (χ0n) is 18.1. The molecule has 0 radical (unpaired) electrons. The first-order chi connectivity index (χ1) is 14.0. The molecular weight excluding hydrogens is 366 g/mol. The quantitative estimate of drug-likeness (QED) is 0.547. The number of rotatable bonds is 13. The van der Waals surface area contributed by atoms with Crippen molar-refractivity contribution in [2.24, 2.45) is 5.92 Å². The van der Waals surface area contributed by atoms with Gasteiger partial charge in [0.15, 0.2) is 0 Å². The Hall–Kier alpha value is -2.08. The van der Waals surface area contributed by atoms with Crippen molar-refractivity contribution in [1.82, 2.24) is 4.90 Å². The first-order valence-electron chi connectivity index (χ1n) is 10.2. The van der Waals surface area contributed by atoms with Gasteiger partial charge in [0.25, 0.3) is 0 Å². The Morgan fingerprint density at radius 1 is 0.931 bits per heavy atom. The molecule has 5 nitrogen and oxygen atoms in total. The summed E-state index contributed by atoms with van der Waals surface area (Å²) >= 11 is 0. The molecule has 2 rings (SSSR count). The van der Waals surface area contributed by atoms with Crippen LogP contribution in [0.4, 0.5) is 0 Å². The molecule has 1 N–H and O–H groups in total. The maximum Gasteiger partial charge on any atom is 0.122 e. The molecule has 160 valence electrons. The highest BCUT2D eigenvalue weighted by Gasteiger charge is 2.14. The van der Waals surface area contributed by atoms with Crippen molar-refractivity contribution in [2.45, 2.75) is 39.5 Å². The number of ether oxygens (including phenoxy) is 3. The van der Waals surface area contributed by atoms with Crippen LogP contribution < -0.4 is 9.47 Å². The highest BCUT2D eigenvalue weighted by molar-refractivity contribution is 5.38. The smallest absolute Gasteiger partial charge is 0.122 e. The van der Waals surface area contributed by atoms with Crippen LogP contribution in [-0.2, 0) is 17.9 Å². The van der Waals surface area contributed by atoms with Crippen LogP contribution in [0.25, 0.3) is 0 Å². The predicted octanol–water partition coefficient (Wildman–Crippen LogP) is 4.13. The normalized spacial score (nSPS) is 12.4. The molecule has 0 aliphatic carbocycles. The van der Waals surface area contributed by atoms with Gasteiger partial charge in [0.05, 0.1) is 33.5 Å². The van der Waals surface area contributed by atoms with E-state index in [1.807, 2.05) is 48.5 Å². The van der Waals surface area contributed by atoms with Gasteiger partial charge in [0.1, 0.15) is 11.5 Å². The maximum absolute atomic E-state index is 10.5. The lowest BCUT2D eigenvalue weighted by molar-refractivity contribution is 0.00788. The second-order valence-corrected chi connectivity index (χ2v) is 7.79. The minimum absolute atomic E-state index is 0.314. The average molecular weight is 402 g/mol. The van der Waals surface area contributed by atoms with Crippen LogP contribution in [0.2, 0.25) is 0 Å². The van der Waals surface area contributed by atoms with Crippen LogP contribution in [0.3, 0.4) is 0 Å². The minimum atomic E-state index is -0.543. The molecule has 1 atom stereocenters. The molecule has 0 aliphatic rings. The molecule has 0 heterocycles. The van der Waals surface area contributed by atoms with Crippen molar-refractivity contribution in [1.29, 1.82) is 0 Å².